The van der Waals surface area contributed by atoms with Crippen LogP contribution in [0.3, 0.4) is 0 Å². The average molecular weight is 377 g/mol. The van der Waals surface area contributed by atoms with Gasteiger partial charge in [-0.3, -0.25) is 9.59 Å². The molecule has 1 fully saturated rings. The predicted molar refractivity (Wildman–Crippen MR) is 101 cm³/mol. The Morgan fingerprint density at radius 2 is 1.80 bits per heavy atom. The summed E-state index contributed by atoms with van der Waals surface area (Å²) in [6.45, 7) is 0.602. The van der Waals surface area contributed by atoms with Crippen molar-refractivity contribution in [2.45, 2.75) is 31.1 Å². The molecule has 2 N–H and O–H groups in total. The van der Waals surface area contributed by atoms with Gasteiger partial charge < -0.3 is 10.6 Å². The molecule has 1 heterocycles. The minimum atomic E-state index is -0.277. The molecule has 2 aromatic rings. The number of carbonyl (C=O) groups excluding carboxylic acids is 2. The summed E-state index contributed by atoms with van der Waals surface area (Å²) in [5, 5.41) is 8.31. The predicted octanol–water partition coefficient (Wildman–Crippen LogP) is 3.76. The van der Waals surface area contributed by atoms with E-state index in [1.54, 1.807) is 35.6 Å². The first-order valence-corrected chi connectivity index (χ1v) is 9.69. The van der Waals surface area contributed by atoms with Crippen LogP contribution in [0.15, 0.2) is 41.8 Å². The van der Waals surface area contributed by atoms with Crippen molar-refractivity contribution in [1.82, 2.24) is 10.6 Å². The fraction of sp³-hybridized carbons (Fsp3) is 0.368. The monoisotopic (exact) mass is 376 g/mol. The number of amides is 2. The van der Waals surface area contributed by atoms with Crippen molar-refractivity contribution in [3.8, 4) is 0 Å². The molecule has 4 nitrogen and oxygen atoms in total. The van der Waals surface area contributed by atoms with E-state index in [0.29, 0.717) is 17.1 Å². The molecule has 0 bridgehead atoms. The highest BCUT2D eigenvalue weighted by atomic mass is 35.5. The van der Waals surface area contributed by atoms with Crippen LogP contribution in [0, 0.1) is 0 Å². The molecule has 1 aliphatic rings. The lowest BCUT2D eigenvalue weighted by atomic mass is 9.84. The molecule has 6 heteroatoms. The van der Waals surface area contributed by atoms with Gasteiger partial charge in [0.05, 0.1) is 6.54 Å². The largest absolute Gasteiger partial charge is 0.354 e. The van der Waals surface area contributed by atoms with Gasteiger partial charge in [-0.15, -0.1) is 11.3 Å². The summed E-state index contributed by atoms with van der Waals surface area (Å²) in [4.78, 5) is 25.5. The van der Waals surface area contributed by atoms with E-state index in [4.69, 9.17) is 11.6 Å². The Hall–Kier alpha value is -1.85. The molecule has 0 unspecified atom stereocenters. The lowest BCUT2D eigenvalue weighted by molar-refractivity contribution is -0.120. The second kappa shape index (κ2) is 8.02. The normalized spacial score (nSPS) is 15.7. The van der Waals surface area contributed by atoms with Crippen molar-refractivity contribution in [2.24, 2.45) is 0 Å². The van der Waals surface area contributed by atoms with Crippen molar-refractivity contribution in [1.29, 1.82) is 0 Å². The van der Waals surface area contributed by atoms with Crippen molar-refractivity contribution in [3.63, 3.8) is 0 Å². The number of carbonyl (C=O) groups is 2. The average Bonchev–Trinajstić information content (AvgIpc) is 3.30. The van der Waals surface area contributed by atoms with Gasteiger partial charge in [-0.2, -0.15) is 0 Å². The molecule has 2 amide bonds. The highest BCUT2D eigenvalue weighted by Crippen LogP contribution is 2.42. The molecule has 132 valence electrons. The maximum atomic E-state index is 12.2. The van der Waals surface area contributed by atoms with Crippen LogP contribution in [0.2, 0.25) is 5.02 Å². The van der Waals surface area contributed by atoms with Crippen LogP contribution in [-0.4, -0.2) is 24.9 Å². The van der Waals surface area contributed by atoms with E-state index in [9.17, 15) is 9.59 Å². The Kier molecular flexibility index (Phi) is 5.76. The molecule has 0 aliphatic heterocycles. The molecular weight excluding hydrogens is 356 g/mol. The van der Waals surface area contributed by atoms with Gasteiger partial charge in [-0.1, -0.05) is 30.5 Å². The summed E-state index contributed by atoms with van der Waals surface area (Å²) in [6, 6.07) is 10.8. The Labute approximate surface area is 156 Å². The maximum Gasteiger partial charge on any atom is 0.251 e. The molecule has 3 rings (SSSR count). The zero-order valence-electron chi connectivity index (χ0n) is 13.9. The molecule has 1 aliphatic carbocycles. The van der Waals surface area contributed by atoms with Crippen LogP contribution in [0.4, 0.5) is 0 Å². The van der Waals surface area contributed by atoms with E-state index >= 15 is 0 Å². The Balaban J connectivity index is 1.51. The third kappa shape index (κ3) is 4.41. The number of hydrogen-bond donors (Lipinski definition) is 2. The molecule has 0 radical (unpaired) electrons. The van der Waals surface area contributed by atoms with Gasteiger partial charge in [0.1, 0.15) is 0 Å². The highest BCUT2D eigenvalue weighted by molar-refractivity contribution is 7.10. The number of rotatable bonds is 6. The molecule has 1 aromatic carbocycles. The zero-order valence-corrected chi connectivity index (χ0v) is 15.5. The van der Waals surface area contributed by atoms with Crippen molar-refractivity contribution < 1.29 is 9.59 Å². The summed E-state index contributed by atoms with van der Waals surface area (Å²) in [5.74, 6) is -0.439. The Morgan fingerprint density at radius 3 is 2.44 bits per heavy atom. The molecule has 0 spiro atoms. The van der Waals surface area contributed by atoms with Crippen LogP contribution in [0.1, 0.15) is 40.9 Å². The van der Waals surface area contributed by atoms with Gasteiger partial charge in [0.25, 0.3) is 5.91 Å². The summed E-state index contributed by atoms with van der Waals surface area (Å²) >= 11 is 7.56. The first kappa shape index (κ1) is 18.0. The molecule has 0 saturated heterocycles. The second-order valence-electron chi connectivity index (χ2n) is 6.43. The number of hydrogen-bond acceptors (Lipinski definition) is 3. The number of benzene rings is 1. The van der Waals surface area contributed by atoms with Gasteiger partial charge >= 0.3 is 0 Å². The summed E-state index contributed by atoms with van der Waals surface area (Å²) in [6.07, 6.45) is 4.60. The molecular formula is C19H21ClN2O2S. The fourth-order valence-corrected chi connectivity index (χ4v) is 4.45. The topological polar surface area (TPSA) is 58.2 Å². The highest BCUT2D eigenvalue weighted by Gasteiger charge is 2.36. The van der Waals surface area contributed by atoms with Crippen molar-refractivity contribution in [3.05, 3.63) is 57.2 Å². The van der Waals surface area contributed by atoms with Gasteiger partial charge in [-0.05, 0) is 48.6 Å². The SMILES string of the molecule is O=C(CNC(=O)c1ccc(Cl)cc1)NCC1(c2cccs2)CCCC1. The molecule has 1 aromatic heterocycles. The third-order valence-corrected chi connectivity index (χ3v) is 6.11. The standard InChI is InChI=1S/C19H21ClN2O2S/c20-15-7-5-14(6-8-15)18(24)21-12-17(23)22-13-19(9-1-2-10-19)16-4-3-11-25-16/h3-8,11H,1-2,9-10,12-13H2,(H,21,24)(H,22,23). The van der Waals surface area contributed by atoms with Gasteiger partial charge in [0, 0.05) is 27.4 Å². The van der Waals surface area contributed by atoms with Crippen LogP contribution in [0.5, 0.6) is 0 Å². The van der Waals surface area contributed by atoms with Gasteiger partial charge in [-0.25, -0.2) is 0 Å². The van der Waals surface area contributed by atoms with Crippen LogP contribution in [0.25, 0.3) is 0 Å². The lowest BCUT2D eigenvalue weighted by Crippen LogP contribution is -2.43. The minimum Gasteiger partial charge on any atom is -0.354 e. The Morgan fingerprint density at radius 1 is 1.08 bits per heavy atom. The van der Waals surface area contributed by atoms with Crippen LogP contribution < -0.4 is 10.6 Å². The van der Waals surface area contributed by atoms with Crippen molar-refractivity contribution >= 4 is 34.8 Å². The van der Waals surface area contributed by atoms with E-state index in [-0.39, 0.29) is 23.8 Å². The summed E-state index contributed by atoms with van der Waals surface area (Å²) in [5.41, 5.74) is 0.548. The second-order valence-corrected chi connectivity index (χ2v) is 7.82. The molecule has 25 heavy (non-hydrogen) atoms. The number of halogens is 1. The first-order valence-electron chi connectivity index (χ1n) is 8.44. The van der Waals surface area contributed by atoms with E-state index < -0.39 is 0 Å². The number of thiophene rings is 1. The molecule has 0 atom stereocenters. The van der Waals surface area contributed by atoms with Crippen LogP contribution in [-0.2, 0) is 10.2 Å². The molecule has 1 saturated carbocycles. The van der Waals surface area contributed by atoms with E-state index in [1.165, 1.54) is 17.7 Å². The Bertz CT molecular complexity index is 722. The quantitative estimate of drug-likeness (QED) is 0.806. The fourth-order valence-electron chi connectivity index (χ4n) is 3.34. The minimum absolute atomic E-state index is 0.0258. The van der Waals surface area contributed by atoms with E-state index in [1.807, 2.05) is 0 Å². The van der Waals surface area contributed by atoms with Gasteiger partial charge in [0.2, 0.25) is 5.91 Å². The third-order valence-electron chi connectivity index (χ3n) is 4.74. The summed E-state index contributed by atoms with van der Waals surface area (Å²) in [7, 11) is 0. The lowest BCUT2D eigenvalue weighted by Gasteiger charge is -2.28. The van der Waals surface area contributed by atoms with E-state index in [0.717, 1.165) is 12.8 Å². The van der Waals surface area contributed by atoms with Crippen LogP contribution >= 0.6 is 22.9 Å². The zero-order chi connectivity index (χ0) is 17.7. The maximum absolute atomic E-state index is 12.2. The number of nitrogens with one attached hydrogen (secondary N) is 2. The first-order chi connectivity index (χ1) is 12.1. The van der Waals surface area contributed by atoms with Gasteiger partial charge in [0.15, 0.2) is 0 Å². The van der Waals surface area contributed by atoms with E-state index in [2.05, 4.69) is 28.1 Å². The van der Waals surface area contributed by atoms with Crippen molar-refractivity contribution in [2.75, 3.05) is 13.1 Å². The smallest absolute Gasteiger partial charge is 0.251 e. The summed E-state index contributed by atoms with van der Waals surface area (Å²) < 4.78 is 0.